The first-order valence-electron chi connectivity index (χ1n) is 8.10. The first-order chi connectivity index (χ1) is 12.3. The minimum atomic E-state index is -1.19. The van der Waals surface area contributed by atoms with Gasteiger partial charge in [-0.3, -0.25) is 24.2 Å². The first kappa shape index (κ1) is 20.0. The highest BCUT2D eigenvalue weighted by atomic mass is 32.2. The Labute approximate surface area is 155 Å². The second kappa shape index (κ2) is 8.37. The number of nitrogens with two attached hydrogens (primary N) is 1. The predicted molar refractivity (Wildman–Crippen MR) is 95.8 cm³/mol. The fourth-order valence-electron chi connectivity index (χ4n) is 3.08. The summed E-state index contributed by atoms with van der Waals surface area (Å²) in [6, 6.07) is -1.09. The molecular weight excluding hydrogens is 360 g/mol. The molecule has 26 heavy (non-hydrogen) atoms. The van der Waals surface area contributed by atoms with Gasteiger partial charge in [0.05, 0.1) is 6.04 Å². The van der Waals surface area contributed by atoms with Gasteiger partial charge in [0, 0.05) is 12.3 Å². The lowest BCUT2D eigenvalue weighted by atomic mass is 10.0. The normalized spacial score (nSPS) is 23.7. The highest BCUT2D eigenvalue weighted by Gasteiger charge is 2.53. The summed E-state index contributed by atoms with van der Waals surface area (Å²) in [7, 11) is 1.76. The molecule has 4 N–H and O–H groups in total. The number of aliphatic carboxylic acids is 1. The maximum absolute atomic E-state index is 12.1. The average Bonchev–Trinajstić information content (AvgIpc) is 2.59. The molecule has 0 saturated carbocycles. The maximum atomic E-state index is 12.1. The van der Waals surface area contributed by atoms with Crippen LogP contribution < -0.4 is 11.1 Å². The molecule has 9 nitrogen and oxygen atoms in total. The van der Waals surface area contributed by atoms with Gasteiger partial charge in [0.2, 0.25) is 12.3 Å². The Morgan fingerprint density at radius 2 is 2.23 bits per heavy atom. The molecule has 142 valence electrons. The van der Waals surface area contributed by atoms with Gasteiger partial charge < -0.3 is 16.2 Å². The van der Waals surface area contributed by atoms with Crippen molar-refractivity contribution in [2.45, 2.75) is 30.8 Å². The van der Waals surface area contributed by atoms with Crippen molar-refractivity contribution in [1.82, 2.24) is 15.1 Å². The molecule has 2 aliphatic rings. The molecule has 0 bridgehead atoms. The molecule has 2 aliphatic heterocycles. The van der Waals surface area contributed by atoms with Crippen LogP contribution in [0.5, 0.6) is 0 Å². The van der Waals surface area contributed by atoms with Crippen LogP contribution in [0.3, 0.4) is 0 Å². The Morgan fingerprint density at radius 1 is 1.54 bits per heavy atom. The number of β-lactam (4-membered cyclic amide) rings is 1. The number of fused-ring (bicyclic) bond motifs is 1. The molecule has 0 aromatic carbocycles. The molecule has 1 unspecified atom stereocenters. The minimum Gasteiger partial charge on any atom is -0.477 e. The van der Waals surface area contributed by atoms with E-state index in [1.165, 1.54) is 16.7 Å². The highest BCUT2D eigenvalue weighted by molar-refractivity contribution is 8.00. The zero-order chi connectivity index (χ0) is 19.4. The lowest BCUT2D eigenvalue weighted by Crippen LogP contribution is -2.69. The van der Waals surface area contributed by atoms with Crippen molar-refractivity contribution in [2.75, 3.05) is 19.3 Å². The number of nitrogens with zero attached hydrogens (tertiary/aromatic N) is 2. The number of primary amides is 1. The molecule has 0 aliphatic carbocycles. The summed E-state index contributed by atoms with van der Waals surface area (Å²) < 4.78 is 0. The Bertz CT molecular complexity index is 678. The number of allylic oxidation sites excluding steroid dienone is 1. The smallest absolute Gasteiger partial charge is 0.352 e. The molecule has 2 heterocycles. The van der Waals surface area contributed by atoms with Crippen molar-refractivity contribution in [2.24, 2.45) is 5.73 Å². The molecule has 0 spiro atoms. The standard InChI is InChI=1S/C16H22N4O5S/c1-3-10(13(17)22)19(2)6-4-5-9-7-26-15-11(18-8-21)14(23)20(15)12(9)16(24)25/h4-5,8,10-11,15H,3,6-7H2,1-2H3,(H2,17,22)(H,18,21)(H,24,25)/b5-4+/t10?,11-,15+/m1/s1. The first-order valence-corrected chi connectivity index (χ1v) is 9.15. The predicted octanol–water partition coefficient (Wildman–Crippen LogP) is -0.893. The van der Waals surface area contributed by atoms with Crippen LogP contribution in [0.1, 0.15) is 13.3 Å². The van der Waals surface area contributed by atoms with Gasteiger partial charge in [-0.15, -0.1) is 11.8 Å². The van der Waals surface area contributed by atoms with Crippen molar-refractivity contribution in [3.05, 3.63) is 23.4 Å². The van der Waals surface area contributed by atoms with Gasteiger partial charge in [0.15, 0.2) is 0 Å². The molecule has 0 aromatic heterocycles. The summed E-state index contributed by atoms with van der Waals surface area (Å²) >= 11 is 1.39. The second-order valence-corrected chi connectivity index (χ2v) is 7.12. The third-order valence-corrected chi connectivity index (χ3v) is 5.71. The van der Waals surface area contributed by atoms with Gasteiger partial charge in [-0.25, -0.2) is 4.79 Å². The van der Waals surface area contributed by atoms with Gasteiger partial charge in [-0.1, -0.05) is 19.1 Å². The quantitative estimate of drug-likeness (QED) is 0.348. The summed E-state index contributed by atoms with van der Waals surface area (Å²) in [4.78, 5) is 48.7. The zero-order valence-corrected chi connectivity index (χ0v) is 15.4. The molecule has 0 radical (unpaired) electrons. The van der Waals surface area contributed by atoms with Gasteiger partial charge >= 0.3 is 5.97 Å². The fourth-order valence-corrected chi connectivity index (χ4v) is 4.41. The van der Waals surface area contributed by atoms with Crippen molar-refractivity contribution in [1.29, 1.82) is 0 Å². The van der Waals surface area contributed by atoms with Gasteiger partial charge in [0.25, 0.3) is 5.91 Å². The summed E-state index contributed by atoms with van der Waals surface area (Å²) in [5, 5.41) is 11.5. The number of nitrogens with one attached hydrogen (secondary N) is 1. The summed E-state index contributed by atoms with van der Waals surface area (Å²) in [6.07, 6.45) is 4.42. The fraction of sp³-hybridized carbons (Fsp3) is 0.500. The second-order valence-electron chi connectivity index (χ2n) is 6.02. The molecule has 0 aromatic rings. The van der Waals surface area contributed by atoms with Crippen molar-refractivity contribution in [3.8, 4) is 0 Å². The van der Waals surface area contributed by atoms with Crippen LogP contribution in [0, 0.1) is 0 Å². The monoisotopic (exact) mass is 382 g/mol. The number of thioether (sulfide) groups is 1. The van der Waals surface area contributed by atoms with Crippen LogP contribution in [0.4, 0.5) is 0 Å². The van der Waals surface area contributed by atoms with Crippen molar-refractivity contribution < 1.29 is 24.3 Å². The van der Waals surface area contributed by atoms with E-state index in [0.29, 0.717) is 30.7 Å². The molecular formula is C16H22N4O5S. The molecule has 1 fully saturated rings. The third kappa shape index (κ3) is 3.75. The highest BCUT2D eigenvalue weighted by Crippen LogP contribution is 2.40. The van der Waals surface area contributed by atoms with Gasteiger partial charge in [-0.2, -0.15) is 0 Å². The molecule has 3 atom stereocenters. The molecule has 1 saturated heterocycles. The van der Waals surface area contributed by atoms with Crippen LogP contribution in [0.15, 0.2) is 23.4 Å². The largest absolute Gasteiger partial charge is 0.477 e. The number of amides is 3. The van der Waals surface area contributed by atoms with Crippen LogP contribution in [-0.2, 0) is 19.2 Å². The SMILES string of the molecule is CCC(C(N)=O)N(C)C/C=C/C1=C(C(=O)O)N2C(=O)[C@@H](NC=O)[C@@H]2SC1. The van der Waals surface area contributed by atoms with E-state index < -0.39 is 35.2 Å². The van der Waals surface area contributed by atoms with Gasteiger partial charge in [0.1, 0.15) is 17.1 Å². The van der Waals surface area contributed by atoms with Crippen LogP contribution in [-0.4, -0.2) is 75.9 Å². The zero-order valence-electron chi connectivity index (χ0n) is 14.5. The van der Waals surface area contributed by atoms with E-state index in [1.54, 1.807) is 24.1 Å². The van der Waals surface area contributed by atoms with Crippen molar-refractivity contribution in [3.63, 3.8) is 0 Å². The van der Waals surface area contributed by atoms with Crippen LogP contribution in [0.2, 0.25) is 0 Å². The van der Waals surface area contributed by atoms with Crippen LogP contribution in [0.25, 0.3) is 0 Å². The van der Waals surface area contributed by atoms with Gasteiger partial charge in [-0.05, 0) is 19.0 Å². The molecule has 10 heteroatoms. The van der Waals surface area contributed by atoms with Crippen molar-refractivity contribution >= 4 is 36.0 Å². The van der Waals surface area contributed by atoms with E-state index in [2.05, 4.69) is 5.32 Å². The van der Waals surface area contributed by atoms with E-state index in [4.69, 9.17) is 5.73 Å². The lowest BCUT2D eigenvalue weighted by Gasteiger charge is -2.48. The van der Waals surface area contributed by atoms with Crippen LogP contribution >= 0.6 is 11.8 Å². The minimum absolute atomic E-state index is 0.0662. The molecule has 2 rings (SSSR count). The number of hydrogen-bond donors (Lipinski definition) is 3. The Hall–Kier alpha value is -2.33. The Kier molecular flexibility index (Phi) is 6.43. The van der Waals surface area contributed by atoms with E-state index in [0.717, 1.165) is 0 Å². The Morgan fingerprint density at radius 3 is 2.77 bits per heavy atom. The topological polar surface area (TPSA) is 133 Å². The van der Waals surface area contributed by atoms with E-state index in [-0.39, 0.29) is 5.70 Å². The maximum Gasteiger partial charge on any atom is 0.352 e. The van der Waals surface area contributed by atoms with E-state index in [1.807, 2.05) is 6.92 Å². The lowest BCUT2D eigenvalue weighted by molar-refractivity contribution is -0.149. The number of carboxylic acids is 1. The average molecular weight is 382 g/mol. The molecule has 3 amide bonds. The summed E-state index contributed by atoms with van der Waals surface area (Å²) in [6.45, 7) is 2.27. The van der Waals surface area contributed by atoms with E-state index in [9.17, 15) is 24.3 Å². The number of carbonyl (C=O) groups excluding carboxylic acids is 3. The number of rotatable bonds is 9. The third-order valence-electron chi connectivity index (χ3n) is 4.41. The summed E-state index contributed by atoms with van der Waals surface area (Å²) in [5.41, 5.74) is 5.79. The number of carbonyl (C=O) groups is 4. The number of hydrogen-bond acceptors (Lipinski definition) is 6. The number of carboxylic acid groups (broad SMARTS) is 1. The Balaban J connectivity index is 2.14. The number of likely N-dealkylation sites (N-methyl/N-ethyl adjacent to an activating group) is 1. The summed E-state index contributed by atoms with van der Waals surface area (Å²) in [5.74, 6) is -1.63. The van der Waals surface area contributed by atoms with E-state index >= 15 is 0 Å².